The Bertz CT molecular complexity index is 645. The number of benzene rings is 1. The van der Waals surface area contributed by atoms with Crippen molar-refractivity contribution in [3.63, 3.8) is 0 Å². The fourth-order valence-corrected chi connectivity index (χ4v) is 4.29. The fourth-order valence-electron chi connectivity index (χ4n) is 2.34. The molecule has 1 fully saturated rings. The Morgan fingerprint density at radius 2 is 2.25 bits per heavy atom. The molecule has 8 heteroatoms. The van der Waals surface area contributed by atoms with E-state index in [1.165, 1.54) is 0 Å². The van der Waals surface area contributed by atoms with Gasteiger partial charge in [0, 0.05) is 29.4 Å². The molecule has 1 heterocycles. The molecule has 1 atom stereocenters. The van der Waals surface area contributed by atoms with E-state index in [1.54, 1.807) is 25.2 Å². The normalized spacial score (nSPS) is 21.9. The predicted molar refractivity (Wildman–Crippen MR) is 79.4 cm³/mol. The molecular weight excluding hydrogens is 302 g/mol. The van der Waals surface area contributed by atoms with Crippen molar-refractivity contribution in [2.75, 3.05) is 23.5 Å². The second kappa shape index (κ2) is 5.49. The highest BCUT2D eigenvalue weighted by molar-refractivity contribution is 7.91. The Kier molecular flexibility index (Phi) is 4.10. The summed E-state index contributed by atoms with van der Waals surface area (Å²) in [6.07, 6.45) is 0.557. The molecule has 0 spiro atoms. The summed E-state index contributed by atoms with van der Waals surface area (Å²) in [6, 6.07) is 4.83. The van der Waals surface area contributed by atoms with Gasteiger partial charge in [-0.15, -0.1) is 0 Å². The summed E-state index contributed by atoms with van der Waals surface area (Å²) in [6.45, 7) is 0. The molecule has 0 aromatic heterocycles. The number of oxime groups is 1. The first-order chi connectivity index (χ1) is 9.34. The summed E-state index contributed by atoms with van der Waals surface area (Å²) in [5.74, 6) is 0.247. The van der Waals surface area contributed by atoms with Gasteiger partial charge < -0.3 is 15.8 Å². The van der Waals surface area contributed by atoms with Gasteiger partial charge in [-0.2, -0.15) is 0 Å². The van der Waals surface area contributed by atoms with Crippen molar-refractivity contribution in [2.45, 2.75) is 12.5 Å². The average Bonchev–Trinajstić information content (AvgIpc) is 2.77. The van der Waals surface area contributed by atoms with Crippen LogP contribution in [0.5, 0.6) is 0 Å². The van der Waals surface area contributed by atoms with Gasteiger partial charge in [-0.1, -0.05) is 16.8 Å². The van der Waals surface area contributed by atoms with Crippen molar-refractivity contribution in [3.8, 4) is 0 Å². The number of anilines is 1. The van der Waals surface area contributed by atoms with E-state index in [0.29, 0.717) is 22.7 Å². The van der Waals surface area contributed by atoms with Crippen molar-refractivity contribution in [1.82, 2.24) is 0 Å². The molecule has 0 bridgehead atoms. The molecule has 110 valence electrons. The van der Waals surface area contributed by atoms with E-state index in [1.807, 2.05) is 4.90 Å². The van der Waals surface area contributed by atoms with Crippen LogP contribution in [0.4, 0.5) is 5.69 Å². The Balaban J connectivity index is 2.39. The number of nitrogens with two attached hydrogens (primary N) is 1. The third kappa shape index (κ3) is 2.99. The first-order valence-corrected chi connectivity index (χ1v) is 8.24. The van der Waals surface area contributed by atoms with Crippen LogP contribution in [-0.4, -0.2) is 44.1 Å². The fraction of sp³-hybridized carbons (Fsp3) is 0.417. The van der Waals surface area contributed by atoms with Crippen LogP contribution in [0.1, 0.15) is 12.0 Å². The zero-order valence-electron chi connectivity index (χ0n) is 11.0. The van der Waals surface area contributed by atoms with Crippen LogP contribution in [0.25, 0.3) is 0 Å². The van der Waals surface area contributed by atoms with Crippen molar-refractivity contribution in [3.05, 3.63) is 28.8 Å². The minimum absolute atomic E-state index is 0.0376. The number of hydrogen-bond acceptors (Lipinski definition) is 5. The van der Waals surface area contributed by atoms with E-state index >= 15 is 0 Å². The van der Waals surface area contributed by atoms with Gasteiger partial charge in [0.25, 0.3) is 0 Å². The maximum atomic E-state index is 11.6. The number of halogens is 1. The number of hydrogen-bond donors (Lipinski definition) is 2. The standard InChI is InChI=1S/C12H16ClN3O3S/c1-16(9-4-5-20(18,19)7-9)11-6-8(13)2-3-10(11)12(14)15-17/h2-3,6,9,17H,4-5,7H2,1H3,(H2,14,15). The van der Waals surface area contributed by atoms with Crippen molar-refractivity contribution in [1.29, 1.82) is 0 Å². The second-order valence-electron chi connectivity index (χ2n) is 4.81. The van der Waals surface area contributed by atoms with E-state index < -0.39 is 9.84 Å². The van der Waals surface area contributed by atoms with Gasteiger partial charge in [-0.05, 0) is 24.6 Å². The van der Waals surface area contributed by atoms with Crippen LogP contribution >= 0.6 is 11.6 Å². The first kappa shape index (κ1) is 14.9. The van der Waals surface area contributed by atoms with E-state index in [0.717, 1.165) is 0 Å². The van der Waals surface area contributed by atoms with E-state index in [-0.39, 0.29) is 23.4 Å². The Morgan fingerprint density at radius 3 is 2.80 bits per heavy atom. The van der Waals surface area contributed by atoms with Gasteiger partial charge >= 0.3 is 0 Å². The number of nitrogens with zero attached hydrogens (tertiary/aromatic N) is 2. The van der Waals surface area contributed by atoms with Gasteiger partial charge in [-0.25, -0.2) is 8.42 Å². The lowest BCUT2D eigenvalue weighted by molar-refractivity contribution is 0.318. The average molecular weight is 318 g/mol. The minimum Gasteiger partial charge on any atom is -0.409 e. The quantitative estimate of drug-likeness (QED) is 0.376. The van der Waals surface area contributed by atoms with Crippen LogP contribution in [0.3, 0.4) is 0 Å². The van der Waals surface area contributed by atoms with Crippen LogP contribution in [0.15, 0.2) is 23.4 Å². The van der Waals surface area contributed by atoms with E-state index in [4.69, 9.17) is 22.5 Å². The SMILES string of the molecule is CN(c1cc(Cl)ccc1C(N)=NO)C1CCS(=O)(=O)C1. The summed E-state index contributed by atoms with van der Waals surface area (Å²) in [4.78, 5) is 1.82. The molecule has 1 aliphatic rings. The van der Waals surface area contributed by atoms with E-state index in [2.05, 4.69) is 5.16 Å². The van der Waals surface area contributed by atoms with Crippen molar-refractivity contribution >= 4 is 33.0 Å². The molecule has 0 aliphatic carbocycles. The highest BCUT2D eigenvalue weighted by Crippen LogP contribution is 2.28. The summed E-state index contributed by atoms with van der Waals surface area (Å²) in [7, 11) is -1.20. The summed E-state index contributed by atoms with van der Waals surface area (Å²) in [5, 5.41) is 12.3. The molecule has 1 aromatic carbocycles. The molecule has 0 amide bonds. The molecule has 0 radical (unpaired) electrons. The van der Waals surface area contributed by atoms with Crippen LogP contribution in [0, 0.1) is 0 Å². The van der Waals surface area contributed by atoms with Crippen LogP contribution in [-0.2, 0) is 9.84 Å². The zero-order chi connectivity index (χ0) is 14.9. The third-order valence-electron chi connectivity index (χ3n) is 3.48. The lowest BCUT2D eigenvalue weighted by Gasteiger charge is -2.27. The molecule has 0 saturated carbocycles. The zero-order valence-corrected chi connectivity index (χ0v) is 12.5. The van der Waals surface area contributed by atoms with Gasteiger partial charge in [0.1, 0.15) is 0 Å². The third-order valence-corrected chi connectivity index (χ3v) is 5.47. The molecule has 2 rings (SSSR count). The van der Waals surface area contributed by atoms with Crippen molar-refractivity contribution < 1.29 is 13.6 Å². The molecular formula is C12H16ClN3O3S. The maximum Gasteiger partial charge on any atom is 0.172 e. The molecule has 3 N–H and O–H groups in total. The van der Waals surface area contributed by atoms with Crippen LogP contribution < -0.4 is 10.6 Å². The topological polar surface area (TPSA) is 96.0 Å². The number of amidine groups is 1. The smallest absolute Gasteiger partial charge is 0.172 e. The summed E-state index contributed by atoms with van der Waals surface area (Å²) in [5.41, 5.74) is 6.81. The summed E-state index contributed by atoms with van der Waals surface area (Å²) < 4.78 is 23.2. The monoisotopic (exact) mass is 317 g/mol. The number of rotatable bonds is 3. The van der Waals surface area contributed by atoms with Crippen LogP contribution in [0.2, 0.25) is 5.02 Å². The Morgan fingerprint density at radius 1 is 1.55 bits per heavy atom. The molecule has 6 nitrogen and oxygen atoms in total. The molecule has 20 heavy (non-hydrogen) atoms. The molecule has 1 aromatic rings. The first-order valence-electron chi connectivity index (χ1n) is 6.05. The van der Waals surface area contributed by atoms with E-state index in [9.17, 15) is 8.42 Å². The number of sulfone groups is 1. The van der Waals surface area contributed by atoms with Crippen molar-refractivity contribution in [2.24, 2.45) is 10.9 Å². The second-order valence-corrected chi connectivity index (χ2v) is 7.48. The van der Waals surface area contributed by atoms with Gasteiger partial charge in [0.05, 0.1) is 11.5 Å². The lowest BCUT2D eigenvalue weighted by atomic mass is 10.1. The highest BCUT2D eigenvalue weighted by Gasteiger charge is 2.31. The minimum atomic E-state index is -2.98. The lowest BCUT2D eigenvalue weighted by Crippen LogP contribution is -2.34. The largest absolute Gasteiger partial charge is 0.409 e. The molecule has 1 saturated heterocycles. The Labute approximate surface area is 122 Å². The molecule has 1 unspecified atom stereocenters. The molecule has 1 aliphatic heterocycles. The summed E-state index contributed by atoms with van der Waals surface area (Å²) >= 11 is 5.98. The van der Waals surface area contributed by atoms with Gasteiger partial charge in [0.2, 0.25) is 0 Å². The highest BCUT2D eigenvalue weighted by atomic mass is 35.5. The van der Waals surface area contributed by atoms with Gasteiger partial charge in [-0.3, -0.25) is 0 Å². The predicted octanol–water partition coefficient (Wildman–Crippen LogP) is 1.06. The van der Waals surface area contributed by atoms with Gasteiger partial charge in [0.15, 0.2) is 15.7 Å². The Hall–Kier alpha value is -1.47. The maximum absolute atomic E-state index is 11.6.